The monoisotopic (exact) mass is 425 g/mol. The standard InChI is InChI=1S/C27H24FN3O/c28-21-10-11-22-19(16-21)9-12-26(24(22)15-18-5-2-1-3-6-18)31-27(32)30-25-8-4-7-20-17-29-14-13-23(20)25/h1-8,10-11,13-14,16-17,24,26H,9,12,15H2,(H2,30,31,32)/t24-,26+/m0/s1. The number of aromatic nitrogens is 1. The molecular formula is C27H24FN3O. The van der Waals surface area contributed by atoms with E-state index in [0.717, 1.165) is 46.8 Å². The van der Waals surface area contributed by atoms with Gasteiger partial charge < -0.3 is 10.6 Å². The molecular weight excluding hydrogens is 401 g/mol. The minimum atomic E-state index is -0.233. The molecule has 0 saturated heterocycles. The molecule has 0 fully saturated rings. The van der Waals surface area contributed by atoms with Crippen molar-refractivity contribution in [3.05, 3.63) is 108 Å². The third-order valence-corrected chi connectivity index (χ3v) is 6.26. The third kappa shape index (κ3) is 4.19. The molecule has 0 bridgehead atoms. The minimum absolute atomic E-state index is 0.0511. The molecule has 0 aliphatic heterocycles. The highest BCUT2D eigenvalue weighted by molar-refractivity contribution is 6.01. The van der Waals surface area contributed by atoms with Crippen molar-refractivity contribution in [1.82, 2.24) is 10.3 Å². The Kier molecular flexibility index (Phi) is 5.55. The van der Waals surface area contributed by atoms with Gasteiger partial charge in [0.05, 0.1) is 5.69 Å². The first kappa shape index (κ1) is 20.2. The molecule has 5 rings (SSSR count). The second kappa shape index (κ2) is 8.79. The summed E-state index contributed by atoms with van der Waals surface area (Å²) < 4.78 is 13.8. The van der Waals surface area contributed by atoms with Gasteiger partial charge in [-0.3, -0.25) is 4.98 Å². The van der Waals surface area contributed by atoms with Gasteiger partial charge in [-0.15, -0.1) is 0 Å². The fourth-order valence-electron chi connectivity index (χ4n) is 4.73. The summed E-state index contributed by atoms with van der Waals surface area (Å²) in [5.74, 6) is -0.138. The predicted octanol–water partition coefficient (Wildman–Crippen LogP) is 5.84. The van der Waals surface area contributed by atoms with Crippen molar-refractivity contribution in [1.29, 1.82) is 0 Å². The van der Waals surface area contributed by atoms with Gasteiger partial charge >= 0.3 is 6.03 Å². The number of fused-ring (bicyclic) bond motifs is 2. The van der Waals surface area contributed by atoms with Gasteiger partial charge in [-0.05, 0) is 60.2 Å². The molecule has 2 N–H and O–H groups in total. The fourth-order valence-corrected chi connectivity index (χ4v) is 4.73. The highest BCUT2D eigenvalue weighted by Gasteiger charge is 2.31. The number of hydrogen-bond acceptors (Lipinski definition) is 2. The van der Waals surface area contributed by atoms with E-state index in [4.69, 9.17) is 0 Å². The van der Waals surface area contributed by atoms with Crippen molar-refractivity contribution in [2.75, 3.05) is 5.32 Å². The van der Waals surface area contributed by atoms with Crippen LogP contribution in [0.2, 0.25) is 0 Å². The highest BCUT2D eigenvalue weighted by Crippen LogP contribution is 2.35. The number of nitrogens with zero attached hydrogens (tertiary/aromatic N) is 1. The maximum atomic E-state index is 13.8. The number of amides is 2. The zero-order chi connectivity index (χ0) is 21.9. The number of hydrogen-bond donors (Lipinski definition) is 2. The van der Waals surface area contributed by atoms with Gasteiger partial charge in [-0.25, -0.2) is 9.18 Å². The molecule has 1 aromatic heterocycles. The number of halogens is 1. The number of rotatable bonds is 4. The van der Waals surface area contributed by atoms with E-state index in [1.54, 1.807) is 18.5 Å². The van der Waals surface area contributed by atoms with E-state index in [9.17, 15) is 9.18 Å². The van der Waals surface area contributed by atoms with E-state index >= 15 is 0 Å². The number of carbonyl (C=O) groups is 1. The maximum absolute atomic E-state index is 13.8. The summed E-state index contributed by atoms with van der Waals surface area (Å²) in [4.78, 5) is 17.1. The second-order valence-corrected chi connectivity index (χ2v) is 8.29. The van der Waals surface area contributed by atoms with Crippen LogP contribution in [0.4, 0.5) is 14.9 Å². The summed E-state index contributed by atoms with van der Waals surface area (Å²) in [6.07, 6.45) is 5.79. The predicted molar refractivity (Wildman–Crippen MR) is 125 cm³/mol. The second-order valence-electron chi connectivity index (χ2n) is 8.29. The molecule has 32 heavy (non-hydrogen) atoms. The highest BCUT2D eigenvalue weighted by atomic mass is 19.1. The lowest BCUT2D eigenvalue weighted by Gasteiger charge is -2.34. The molecule has 0 unspecified atom stereocenters. The normalized spacial score (nSPS) is 17.5. The van der Waals surface area contributed by atoms with Crippen LogP contribution in [-0.2, 0) is 12.8 Å². The Morgan fingerprint density at radius 2 is 1.91 bits per heavy atom. The van der Waals surface area contributed by atoms with Crippen molar-refractivity contribution < 1.29 is 9.18 Å². The van der Waals surface area contributed by atoms with Gasteiger partial charge in [0.25, 0.3) is 0 Å². The van der Waals surface area contributed by atoms with Gasteiger partial charge in [0.2, 0.25) is 0 Å². The molecule has 3 aromatic carbocycles. The first-order valence-electron chi connectivity index (χ1n) is 10.9. The first-order chi connectivity index (χ1) is 15.7. The largest absolute Gasteiger partial charge is 0.334 e. The Morgan fingerprint density at radius 3 is 2.78 bits per heavy atom. The maximum Gasteiger partial charge on any atom is 0.319 e. The lowest BCUT2D eigenvalue weighted by Crippen LogP contribution is -2.44. The summed E-state index contributed by atoms with van der Waals surface area (Å²) in [7, 11) is 0. The van der Waals surface area contributed by atoms with Gasteiger partial charge in [0, 0.05) is 35.1 Å². The SMILES string of the molecule is O=C(Nc1cccc2cnccc12)N[C@@H]1CCc2cc(F)ccc2[C@@H]1Cc1ccccc1. The molecule has 160 valence electrons. The lowest BCUT2D eigenvalue weighted by atomic mass is 9.76. The average molecular weight is 426 g/mol. The van der Waals surface area contributed by atoms with E-state index in [0.29, 0.717) is 0 Å². The molecule has 0 spiro atoms. The van der Waals surface area contributed by atoms with Crippen molar-refractivity contribution in [3.8, 4) is 0 Å². The van der Waals surface area contributed by atoms with Crippen LogP contribution in [0.5, 0.6) is 0 Å². The van der Waals surface area contributed by atoms with Crippen LogP contribution in [0, 0.1) is 5.82 Å². The van der Waals surface area contributed by atoms with E-state index < -0.39 is 0 Å². The van der Waals surface area contributed by atoms with Crippen molar-refractivity contribution >= 4 is 22.5 Å². The molecule has 4 nitrogen and oxygen atoms in total. The summed E-state index contributed by atoms with van der Waals surface area (Å²) in [6.45, 7) is 0. The zero-order valence-corrected chi connectivity index (χ0v) is 17.6. The van der Waals surface area contributed by atoms with Crippen LogP contribution in [-0.4, -0.2) is 17.1 Å². The van der Waals surface area contributed by atoms with E-state index in [1.807, 2.05) is 48.5 Å². The van der Waals surface area contributed by atoms with Crippen LogP contribution in [0.3, 0.4) is 0 Å². The number of urea groups is 1. The average Bonchev–Trinajstić information content (AvgIpc) is 2.81. The Labute approximate surface area is 186 Å². The quantitative estimate of drug-likeness (QED) is 0.432. The first-order valence-corrected chi connectivity index (χ1v) is 10.9. The zero-order valence-electron chi connectivity index (χ0n) is 17.6. The summed E-state index contributed by atoms with van der Waals surface area (Å²) in [5.41, 5.74) is 4.10. The molecule has 1 heterocycles. The molecule has 5 heteroatoms. The van der Waals surface area contributed by atoms with Crippen LogP contribution >= 0.6 is 0 Å². The molecule has 2 amide bonds. The third-order valence-electron chi connectivity index (χ3n) is 6.26. The van der Waals surface area contributed by atoms with Crippen LogP contribution in [0.25, 0.3) is 10.8 Å². The van der Waals surface area contributed by atoms with Crippen molar-refractivity contribution in [2.45, 2.75) is 31.2 Å². The molecule has 0 radical (unpaired) electrons. The summed E-state index contributed by atoms with van der Waals surface area (Å²) >= 11 is 0. The smallest absolute Gasteiger partial charge is 0.319 e. The molecule has 0 saturated carbocycles. The minimum Gasteiger partial charge on any atom is -0.334 e. The summed E-state index contributed by atoms with van der Waals surface area (Å²) in [5, 5.41) is 8.13. The van der Waals surface area contributed by atoms with Gasteiger partial charge in [-0.1, -0.05) is 48.5 Å². The number of aryl methyl sites for hydroxylation is 1. The van der Waals surface area contributed by atoms with Crippen LogP contribution < -0.4 is 10.6 Å². The number of nitrogens with one attached hydrogen (secondary N) is 2. The molecule has 1 aliphatic rings. The van der Waals surface area contributed by atoms with Gasteiger partial charge in [-0.2, -0.15) is 0 Å². The molecule has 1 aliphatic carbocycles. The number of carbonyl (C=O) groups excluding carboxylic acids is 1. The Balaban J connectivity index is 1.39. The van der Waals surface area contributed by atoms with E-state index in [-0.39, 0.29) is 23.8 Å². The van der Waals surface area contributed by atoms with Crippen molar-refractivity contribution in [2.24, 2.45) is 0 Å². The van der Waals surface area contributed by atoms with Crippen LogP contribution in [0.1, 0.15) is 29.0 Å². The Hall–Kier alpha value is -3.73. The van der Waals surface area contributed by atoms with E-state index in [2.05, 4.69) is 27.8 Å². The fraction of sp³-hybridized carbons (Fsp3) is 0.185. The van der Waals surface area contributed by atoms with Gasteiger partial charge in [0.1, 0.15) is 5.82 Å². The van der Waals surface area contributed by atoms with Crippen molar-refractivity contribution in [3.63, 3.8) is 0 Å². The molecule has 2 atom stereocenters. The number of benzene rings is 3. The van der Waals surface area contributed by atoms with Crippen LogP contribution in [0.15, 0.2) is 85.2 Å². The lowest BCUT2D eigenvalue weighted by molar-refractivity contribution is 0.244. The Bertz CT molecular complexity index is 1250. The molecule has 4 aromatic rings. The van der Waals surface area contributed by atoms with Gasteiger partial charge in [0.15, 0.2) is 0 Å². The number of pyridine rings is 1. The van der Waals surface area contributed by atoms with E-state index in [1.165, 1.54) is 11.6 Å². The summed E-state index contributed by atoms with van der Waals surface area (Å²) in [6, 6.07) is 22.6. The topological polar surface area (TPSA) is 54.0 Å². The Morgan fingerprint density at radius 1 is 1.03 bits per heavy atom. The number of anilines is 1.